The average molecular weight is 373 g/mol. The van der Waals surface area contributed by atoms with Crippen LogP contribution in [-0.4, -0.2) is 0 Å². The smallest absolute Gasteiger partial charge is 0.0720 e. The van der Waals surface area contributed by atoms with Crippen molar-refractivity contribution in [2.45, 2.75) is 13.0 Å². The van der Waals surface area contributed by atoms with Crippen LogP contribution in [0.4, 0.5) is 0 Å². The van der Waals surface area contributed by atoms with E-state index in [0.717, 1.165) is 10.6 Å². The molecule has 0 aliphatic carbocycles. The summed E-state index contributed by atoms with van der Waals surface area (Å²) in [7, 11) is 0. The van der Waals surface area contributed by atoms with E-state index in [1.54, 1.807) is 0 Å². The molecule has 2 nitrogen and oxygen atoms in total. The minimum absolute atomic E-state index is 0.0194. The molecule has 0 aliphatic rings. The van der Waals surface area contributed by atoms with Gasteiger partial charge in [0.05, 0.1) is 6.04 Å². The highest BCUT2D eigenvalue weighted by Gasteiger charge is 2.15. The number of hydrogen-bond donors (Lipinski definition) is 2. The Kier molecular flexibility index (Phi) is 4.61. The van der Waals surface area contributed by atoms with Crippen molar-refractivity contribution < 1.29 is 0 Å². The van der Waals surface area contributed by atoms with E-state index in [9.17, 15) is 0 Å². The van der Waals surface area contributed by atoms with Crippen molar-refractivity contribution in [2.75, 3.05) is 0 Å². The van der Waals surface area contributed by atoms with Crippen LogP contribution in [0.1, 0.15) is 22.7 Å². The topological polar surface area (TPSA) is 38.0 Å². The van der Waals surface area contributed by atoms with Crippen LogP contribution >= 0.6 is 34.2 Å². The normalized spacial score (nSPS) is 12.4. The third-order valence-electron chi connectivity index (χ3n) is 2.90. The summed E-state index contributed by atoms with van der Waals surface area (Å²) >= 11 is 8.26. The monoisotopic (exact) mass is 372 g/mol. The van der Waals surface area contributed by atoms with E-state index >= 15 is 0 Å². The van der Waals surface area contributed by atoms with Crippen LogP contribution in [0, 0.1) is 10.5 Å². The maximum Gasteiger partial charge on any atom is 0.0720 e. The first-order valence-corrected chi connectivity index (χ1v) is 7.05. The predicted molar refractivity (Wildman–Crippen MR) is 84.5 cm³/mol. The molecular formula is C14H14ClIN2. The Bertz CT molecular complexity index is 540. The molecule has 2 aromatic carbocycles. The molecule has 0 aliphatic heterocycles. The van der Waals surface area contributed by atoms with Gasteiger partial charge in [-0.15, -0.1) is 0 Å². The molecule has 94 valence electrons. The van der Waals surface area contributed by atoms with Crippen molar-refractivity contribution in [3.05, 3.63) is 67.7 Å². The third kappa shape index (κ3) is 2.85. The Labute approximate surface area is 126 Å². The number of halogens is 2. The molecule has 18 heavy (non-hydrogen) atoms. The molecule has 1 atom stereocenters. The first-order chi connectivity index (χ1) is 8.63. The minimum Gasteiger partial charge on any atom is -0.271 e. The summed E-state index contributed by atoms with van der Waals surface area (Å²) in [4.78, 5) is 0. The molecule has 0 radical (unpaired) electrons. The molecule has 3 N–H and O–H groups in total. The molecule has 0 spiro atoms. The van der Waals surface area contributed by atoms with E-state index < -0.39 is 0 Å². The SMILES string of the molecule is Cc1cccc(C(NN)c2ccc(Cl)cc2)c1I. The van der Waals surface area contributed by atoms with Crippen LogP contribution in [-0.2, 0) is 0 Å². The second-order valence-corrected chi connectivity index (χ2v) is 5.64. The molecule has 0 aromatic heterocycles. The maximum absolute atomic E-state index is 5.91. The fraction of sp³-hybridized carbons (Fsp3) is 0.143. The summed E-state index contributed by atoms with van der Waals surface area (Å²) in [5, 5.41) is 0.730. The highest BCUT2D eigenvalue weighted by Crippen LogP contribution is 2.28. The van der Waals surface area contributed by atoms with Crippen LogP contribution in [0.15, 0.2) is 42.5 Å². The van der Waals surface area contributed by atoms with Gasteiger partial charge in [0.2, 0.25) is 0 Å². The van der Waals surface area contributed by atoms with Gasteiger partial charge in [0.25, 0.3) is 0 Å². The van der Waals surface area contributed by atoms with Crippen molar-refractivity contribution in [3.63, 3.8) is 0 Å². The van der Waals surface area contributed by atoms with E-state index in [2.05, 4.69) is 47.1 Å². The van der Waals surface area contributed by atoms with Crippen molar-refractivity contribution >= 4 is 34.2 Å². The molecule has 0 heterocycles. The fourth-order valence-corrected chi connectivity index (χ4v) is 2.71. The fourth-order valence-electron chi connectivity index (χ4n) is 1.91. The van der Waals surface area contributed by atoms with Crippen LogP contribution < -0.4 is 11.3 Å². The van der Waals surface area contributed by atoms with Gasteiger partial charge in [-0.1, -0.05) is 41.9 Å². The number of nitrogens with two attached hydrogens (primary N) is 1. The summed E-state index contributed by atoms with van der Waals surface area (Å²) in [6, 6.07) is 14.0. The Morgan fingerprint density at radius 3 is 2.44 bits per heavy atom. The molecule has 2 aromatic rings. The average Bonchev–Trinajstić information content (AvgIpc) is 2.37. The first kappa shape index (κ1) is 13.8. The Balaban J connectivity index is 2.45. The van der Waals surface area contributed by atoms with Gasteiger partial charge in [-0.3, -0.25) is 5.84 Å². The minimum atomic E-state index is -0.0194. The molecule has 0 saturated carbocycles. The Hall–Kier alpha value is -0.620. The number of hydrogen-bond acceptors (Lipinski definition) is 2. The molecule has 0 saturated heterocycles. The number of nitrogens with one attached hydrogen (secondary N) is 1. The van der Waals surface area contributed by atoms with E-state index in [-0.39, 0.29) is 6.04 Å². The predicted octanol–water partition coefficient (Wildman–Crippen LogP) is 3.81. The van der Waals surface area contributed by atoms with Gasteiger partial charge in [0.1, 0.15) is 0 Å². The van der Waals surface area contributed by atoms with Crippen LogP contribution in [0.3, 0.4) is 0 Å². The summed E-state index contributed by atoms with van der Waals surface area (Å²) < 4.78 is 1.23. The quantitative estimate of drug-likeness (QED) is 0.488. The maximum atomic E-state index is 5.91. The highest BCUT2D eigenvalue weighted by molar-refractivity contribution is 14.1. The van der Waals surface area contributed by atoms with Gasteiger partial charge in [-0.05, 0) is 58.3 Å². The van der Waals surface area contributed by atoms with Gasteiger partial charge >= 0.3 is 0 Å². The third-order valence-corrected chi connectivity index (χ3v) is 4.63. The van der Waals surface area contributed by atoms with Crippen molar-refractivity contribution in [2.24, 2.45) is 5.84 Å². The second kappa shape index (κ2) is 6.02. The lowest BCUT2D eigenvalue weighted by atomic mass is 9.98. The van der Waals surface area contributed by atoms with Crippen molar-refractivity contribution in [3.8, 4) is 0 Å². The van der Waals surface area contributed by atoms with E-state index in [4.69, 9.17) is 17.4 Å². The van der Waals surface area contributed by atoms with E-state index in [0.29, 0.717) is 0 Å². The number of benzene rings is 2. The second-order valence-electron chi connectivity index (χ2n) is 4.13. The van der Waals surface area contributed by atoms with E-state index in [1.165, 1.54) is 14.7 Å². The van der Waals surface area contributed by atoms with Crippen molar-refractivity contribution in [1.82, 2.24) is 5.43 Å². The van der Waals surface area contributed by atoms with Gasteiger partial charge in [0, 0.05) is 8.59 Å². The van der Waals surface area contributed by atoms with Gasteiger partial charge in [-0.2, -0.15) is 0 Å². The zero-order chi connectivity index (χ0) is 13.1. The Morgan fingerprint density at radius 1 is 1.17 bits per heavy atom. The first-order valence-electron chi connectivity index (χ1n) is 5.60. The van der Waals surface area contributed by atoms with Gasteiger partial charge < -0.3 is 0 Å². The lowest BCUT2D eigenvalue weighted by Crippen LogP contribution is -2.29. The van der Waals surface area contributed by atoms with Gasteiger partial charge in [0.15, 0.2) is 0 Å². The summed E-state index contributed by atoms with van der Waals surface area (Å²) in [5.41, 5.74) is 6.41. The number of rotatable bonds is 3. The van der Waals surface area contributed by atoms with Crippen LogP contribution in [0.25, 0.3) is 0 Å². The Morgan fingerprint density at radius 2 is 1.83 bits per heavy atom. The number of hydrazine groups is 1. The molecule has 0 fully saturated rings. The zero-order valence-electron chi connectivity index (χ0n) is 9.95. The summed E-state index contributed by atoms with van der Waals surface area (Å²) in [6.07, 6.45) is 0. The lowest BCUT2D eigenvalue weighted by Gasteiger charge is -2.19. The zero-order valence-corrected chi connectivity index (χ0v) is 12.9. The van der Waals surface area contributed by atoms with Crippen LogP contribution in [0.2, 0.25) is 5.02 Å². The molecule has 0 amide bonds. The summed E-state index contributed by atoms with van der Waals surface area (Å²) in [5.74, 6) is 5.71. The molecule has 0 bridgehead atoms. The molecule has 2 rings (SSSR count). The standard InChI is InChI=1S/C14H14ClIN2/c1-9-3-2-4-12(13(9)16)14(18-17)10-5-7-11(15)8-6-10/h2-8,14,18H,17H2,1H3. The van der Waals surface area contributed by atoms with Crippen LogP contribution in [0.5, 0.6) is 0 Å². The summed E-state index contributed by atoms with van der Waals surface area (Å²) in [6.45, 7) is 2.10. The molecular weight excluding hydrogens is 359 g/mol. The van der Waals surface area contributed by atoms with Gasteiger partial charge in [-0.25, -0.2) is 5.43 Å². The lowest BCUT2D eigenvalue weighted by molar-refractivity contribution is 0.634. The molecule has 1 unspecified atom stereocenters. The largest absolute Gasteiger partial charge is 0.271 e. The number of aryl methyl sites for hydroxylation is 1. The van der Waals surface area contributed by atoms with Crippen molar-refractivity contribution in [1.29, 1.82) is 0 Å². The van der Waals surface area contributed by atoms with E-state index in [1.807, 2.05) is 30.3 Å². The highest BCUT2D eigenvalue weighted by atomic mass is 127. The molecule has 4 heteroatoms.